The lowest BCUT2D eigenvalue weighted by Crippen LogP contribution is -2.56. The average molecular weight is 525 g/mol. The molecule has 4 rings (SSSR count). The Morgan fingerprint density at radius 1 is 1.29 bits per heavy atom. The van der Waals surface area contributed by atoms with E-state index in [1.807, 2.05) is 0 Å². The van der Waals surface area contributed by atoms with Gasteiger partial charge in [-0.2, -0.15) is 10.6 Å². The number of nitrogens with two attached hydrogens (primary N) is 1. The van der Waals surface area contributed by atoms with Crippen LogP contribution in [0.25, 0.3) is 0 Å². The third-order valence-corrected chi connectivity index (χ3v) is 8.07. The van der Waals surface area contributed by atoms with Crippen LogP contribution >= 0.6 is 21.9 Å². The number of hydrogen-bond donors (Lipinski definition) is 7. The monoisotopic (exact) mass is 525 g/mol. The lowest BCUT2D eigenvalue weighted by molar-refractivity contribution is -0.123. The summed E-state index contributed by atoms with van der Waals surface area (Å²) < 4.78 is 25.0. The predicted molar refractivity (Wildman–Crippen MR) is 130 cm³/mol. The first-order chi connectivity index (χ1) is 16.5. The molecule has 13 nitrogen and oxygen atoms in total. The summed E-state index contributed by atoms with van der Waals surface area (Å²) in [5.41, 5.74) is 6.29. The van der Waals surface area contributed by atoms with Gasteiger partial charge in [0.25, 0.3) is 0 Å². The number of urea groups is 1. The van der Waals surface area contributed by atoms with Crippen LogP contribution in [0.15, 0.2) is 23.6 Å². The second-order valence-corrected chi connectivity index (χ2v) is 11.4. The van der Waals surface area contributed by atoms with Crippen LogP contribution in [0.2, 0.25) is 0 Å². The molecule has 35 heavy (non-hydrogen) atoms. The van der Waals surface area contributed by atoms with Gasteiger partial charge in [0, 0.05) is 18.5 Å². The Labute approximate surface area is 205 Å². The average Bonchev–Trinajstić information content (AvgIpc) is 3.23. The largest absolute Gasteiger partial charge is 0.547 e. The molecule has 1 aromatic carbocycles. The molecule has 1 saturated heterocycles. The number of rotatable bonds is 5. The minimum atomic E-state index is -2.71. The summed E-state index contributed by atoms with van der Waals surface area (Å²) in [7, 11) is -4.24. The molecule has 0 spiro atoms. The van der Waals surface area contributed by atoms with Crippen molar-refractivity contribution < 1.29 is 38.3 Å². The molecule has 3 heterocycles. The third-order valence-electron chi connectivity index (χ3n) is 5.71. The summed E-state index contributed by atoms with van der Waals surface area (Å²) in [6.07, 6.45) is 0.0905. The van der Waals surface area contributed by atoms with Crippen molar-refractivity contribution in [1.29, 1.82) is 0 Å². The van der Waals surface area contributed by atoms with Crippen molar-refractivity contribution in [2.45, 2.75) is 18.4 Å². The fraction of sp³-hybridized carbons (Fsp3) is 0.368. The number of benzene rings is 1. The molecule has 1 unspecified atom stereocenters. The minimum absolute atomic E-state index is 0.0335. The van der Waals surface area contributed by atoms with Gasteiger partial charge in [0.2, 0.25) is 5.91 Å². The first-order valence-electron chi connectivity index (χ1n) is 10.5. The number of aromatic nitrogens is 1. The normalized spacial score (nSPS) is 20.7. The van der Waals surface area contributed by atoms with E-state index in [0.717, 1.165) is 11.3 Å². The van der Waals surface area contributed by atoms with Gasteiger partial charge in [0.05, 0.1) is 28.7 Å². The van der Waals surface area contributed by atoms with Gasteiger partial charge in [-0.3, -0.25) is 13.9 Å². The molecule has 8 N–H and O–H groups in total. The highest BCUT2D eigenvalue weighted by Crippen LogP contribution is 2.40. The molecule has 1 aromatic heterocycles. The summed E-state index contributed by atoms with van der Waals surface area (Å²) in [6.45, 7) is 0.221. The van der Waals surface area contributed by atoms with E-state index in [1.165, 1.54) is 22.4 Å². The molecule has 3 amide bonds. The highest BCUT2D eigenvalue weighted by molar-refractivity contribution is 8.24. The van der Waals surface area contributed by atoms with Crippen LogP contribution in [-0.4, -0.2) is 84.7 Å². The second-order valence-electron chi connectivity index (χ2n) is 8.12. The SMILES string of the molecule is Nc1nc(C(NC(=O)N2CCS(O)(O)CC2)C(=O)N[C@H]2Cc3cccc(C(=O)O)c3OB2O)cs1. The molecule has 2 aliphatic heterocycles. The number of carbonyl (C=O) groups is 3. The van der Waals surface area contributed by atoms with Crippen LogP contribution in [0.4, 0.5) is 9.93 Å². The lowest BCUT2D eigenvalue weighted by Gasteiger charge is -2.41. The fourth-order valence-corrected chi connectivity index (χ4v) is 5.65. The first kappa shape index (κ1) is 25.1. The molecule has 2 atom stereocenters. The molecule has 2 aromatic rings. The zero-order valence-corrected chi connectivity index (χ0v) is 19.9. The quantitative estimate of drug-likeness (QED) is 0.267. The topological polar surface area (TPSA) is 208 Å². The number of anilines is 1. The second kappa shape index (κ2) is 9.90. The van der Waals surface area contributed by atoms with Crippen LogP contribution in [0.5, 0.6) is 5.75 Å². The van der Waals surface area contributed by atoms with Gasteiger partial charge in [-0.1, -0.05) is 12.1 Å². The predicted octanol–water partition coefficient (Wildman–Crippen LogP) is 0.380. The van der Waals surface area contributed by atoms with E-state index in [2.05, 4.69) is 15.6 Å². The van der Waals surface area contributed by atoms with Gasteiger partial charge >= 0.3 is 19.1 Å². The van der Waals surface area contributed by atoms with E-state index in [1.54, 1.807) is 6.07 Å². The number of nitrogens with one attached hydrogen (secondary N) is 2. The van der Waals surface area contributed by atoms with Gasteiger partial charge < -0.3 is 36.1 Å². The standard InChI is InChI=1S/C19H24BN5O8S2/c21-18-22-12(9-34-18)14(24-19(29)25-4-6-35(31,32)7-5-25)16(26)23-13-8-10-2-1-3-11(17(27)28)15(10)33-20(13)30/h1-3,9,13-14,30-32H,4-8H2,(H2,21,22)(H,23,26)(H,24,29)(H,27,28)/t13-,14?/m0/s1. The molecule has 0 saturated carbocycles. The molecule has 2 aliphatic rings. The van der Waals surface area contributed by atoms with Crippen LogP contribution in [0.3, 0.4) is 0 Å². The molecular weight excluding hydrogens is 501 g/mol. The Morgan fingerprint density at radius 2 is 2.00 bits per heavy atom. The number of fused-ring (bicyclic) bond motifs is 1. The number of carboxylic acid groups (broad SMARTS) is 1. The Bertz CT molecular complexity index is 1140. The van der Waals surface area contributed by atoms with E-state index in [4.69, 9.17) is 10.4 Å². The van der Waals surface area contributed by atoms with Gasteiger partial charge in [-0.25, -0.2) is 14.6 Å². The van der Waals surface area contributed by atoms with E-state index in [0.29, 0.717) is 5.56 Å². The first-order valence-corrected chi connectivity index (χ1v) is 13.3. The van der Waals surface area contributed by atoms with Crippen molar-refractivity contribution in [3.8, 4) is 5.75 Å². The maximum absolute atomic E-state index is 13.2. The Hall–Kier alpha value is -3.05. The molecule has 188 valence electrons. The summed E-state index contributed by atoms with van der Waals surface area (Å²) >= 11 is 1.08. The number of aromatic carboxylic acids is 1. The smallest absolute Gasteiger partial charge is 0.534 e. The molecule has 0 bridgehead atoms. The summed E-state index contributed by atoms with van der Waals surface area (Å²) in [5.74, 6) is -2.70. The highest BCUT2D eigenvalue weighted by atomic mass is 32.3. The Morgan fingerprint density at radius 3 is 2.63 bits per heavy atom. The summed E-state index contributed by atoms with van der Waals surface area (Å²) in [5, 5.41) is 26.8. The van der Waals surface area contributed by atoms with Crippen molar-refractivity contribution in [3.63, 3.8) is 0 Å². The number of nitrogens with zero attached hydrogens (tertiary/aromatic N) is 2. The van der Waals surface area contributed by atoms with Crippen molar-refractivity contribution in [1.82, 2.24) is 20.5 Å². The van der Waals surface area contributed by atoms with E-state index < -0.39 is 47.6 Å². The van der Waals surface area contributed by atoms with Crippen molar-refractivity contribution in [2.24, 2.45) is 0 Å². The van der Waals surface area contributed by atoms with Gasteiger partial charge in [0.1, 0.15) is 5.75 Å². The summed E-state index contributed by atoms with van der Waals surface area (Å²) in [6, 6.07) is 2.68. The maximum Gasteiger partial charge on any atom is 0.547 e. The highest BCUT2D eigenvalue weighted by Gasteiger charge is 2.40. The molecule has 1 fully saturated rings. The molecule has 0 aliphatic carbocycles. The number of thiazole rings is 1. The molecular formula is C19H24BN5O8S2. The number of nitrogen functional groups attached to an aromatic ring is 1. The molecule has 0 radical (unpaired) electrons. The molecule has 16 heteroatoms. The Kier molecular flexibility index (Phi) is 7.09. The number of hydrogen-bond acceptors (Lipinski definition) is 10. The van der Waals surface area contributed by atoms with Gasteiger partial charge in [-0.05, 0) is 18.1 Å². The maximum atomic E-state index is 13.2. The van der Waals surface area contributed by atoms with Gasteiger partial charge in [0.15, 0.2) is 11.2 Å². The third kappa shape index (κ3) is 5.62. The van der Waals surface area contributed by atoms with Crippen LogP contribution < -0.4 is 21.0 Å². The number of para-hydroxylation sites is 1. The van der Waals surface area contributed by atoms with E-state index in [-0.39, 0.29) is 53.2 Å². The zero-order valence-electron chi connectivity index (χ0n) is 18.3. The van der Waals surface area contributed by atoms with Crippen LogP contribution in [0, 0.1) is 0 Å². The van der Waals surface area contributed by atoms with E-state index in [9.17, 15) is 33.6 Å². The van der Waals surface area contributed by atoms with E-state index >= 15 is 0 Å². The minimum Gasteiger partial charge on any atom is -0.534 e. The summed E-state index contributed by atoms with van der Waals surface area (Å²) in [4.78, 5) is 42.9. The van der Waals surface area contributed by atoms with Crippen molar-refractivity contribution in [2.75, 3.05) is 30.3 Å². The number of carboxylic acids is 1. The Balaban J connectivity index is 1.49. The lowest BCUT2D eigenvalue weighted by atomic mass is 9.72. The van der Waals surface area contributed by atoms with Crippen LogP contribution in [0.1, 0.15) is 27.7 Å². The number of amides is 3. The fourth-order valence-electron chi connectivity index (χ4n) is 3.83. The van der Waals surface area contributed by atoms with Crippen molar-refractivity contribution in [3.05, 3.63) is 40.4 Å². The zero-order chi connectivity index (χ0) is 25.3. The number of carbonyl (C=O) groups excluding carboxylic acids is 2. The van der Waals surface area contributed by atoms with Crippen LogP contribution in [-0.2, 0) is 11.2 Å². The van der Waals surface area contributed by atoms with Gasteiger partial charge in [-0.15, -0.1) is 11.3 Å². The van der Waals surface area contributed by atoms with Crippen molar-refractivity contribution >= 4 is 52.1 Å².